The Morgan fingerprint density at radius 2 is 0.893 bits per heavy atom. The summed E-state index contributed by atoms with van der Waals surface area (Å²) in [5.74, 6) is 0. The first kappa shape index (κ1) is 25.4. The summed E-state index contributed by atoms with van der Waals surface area (Å²) >= 11 is 0. The summed E-state index contributed by atoms with van der Waals surface area (Å²) in [6.45, 7) is 2.17. The third-order valence-electron chi connectivity index (χ3n) is 5.70. The highest BCUT2D eigenvalue weighted by Crippen LogP contribution is 2.14. The predicted molar refractivity (Wildman–Crippen MR) is 127 cm³/mol. The number of nitrogens with one attached hydrogen (secondary N) is 1. The van der Waals surface area contributed by atoms with Crippen molar-refractivity contribution in [1.29, 1.82) is 0 Å². The largest absolute Gasteiger partial charge is 0.313 e. The maximum atomic E-state index is 3.55. The first-order valence-corrected chi connectivity index (χ1v) is 13.0. The van der Waals surface area contributed by atoms with Gasteiger partial charge in [0, 0.05) is 16.8 Å². The van der Waals surface area contributed by atoms with E-state index in [9.17, 15) is 0 Å². The van der Waals surface area contributed by atoms with E-state index in [1.807, 2.05) is 0 Å². The van der Waals surface area contributed by atoms with Crippen molar-refractivity contribution in [2.75, 3.05) is 6.54 Å². The standard InChI is InChI=1S/C26H46NSi/c28-24-20-15-13-11-9-7-5-3-1-2-4-6-8-10-12-14-19-23-27-25-26-21-17-16-18-22-26/h16-18,21-22,27H,1-15,19-20,23-25H2. The summed E-state index contributed by atoms with van der Waals surface area (Å²) in [7, 11) is 3.55. The molecule has 1 nitrogen and oxygen atoms in total. The highest BCUT2D eigenvalue weighted by Gasteiger charge is 1.95. The van der Waals surface area contributed by atoms with Gasteiger partial charge in [-0.05, 0) is 18.5 Å². The van der Waals surface area contributed by atoms with E-state index in [4.69, 9.17) is 0 Å². The monoisotopic (exact) mass is 400 g/mol. The van der Waals surface area contributed by atoms with E-state index < -0.39 is 0 Å². The van der Waals surface area contributed by atoms with Crippen molar-refractivity contribution in [3.05, 3.63) is 35.9 Å². The van der Waals surface area contributed by atoms with Crippen LogP contribution in [0.1, 0.15) is 115 Å². The molecular weight excluding hydrogens is 354 g/mol. The second-order valence-electron chi connectivity index (χ2n) is 8.42. The maximum absolute atomic E-state index is 3.55. The molecule has 0 atom stereocenters. The molecule has 0 aliphatic carbocycles. The maximum Gasteiger partial charge on any atom is 0.0222 e. The van der Waals surface area contributed by atoms with Crippen LogP contribution in [-0.4, -0.2) is 16.8 Å². The van der Waals surface area contributed by atoms with E-state index >= 15 is 0 Å². The number of rotatable bonds is 21. The van der Waals surface area contributed by atoms with Crippen molar-refractivity contribution in [3.63, 3.8) is 0 Å². The molecule has 0 saturated carbocycles. The SMILES string of the molecule is [Si]CCCCCCCCCCCCCCCCCCCNCc1ccccc1. The van der Waals surface area contributed by atoms with Crippen molar-refractivity contribution in [1.82, 2.24) is 5.32 Å². The second kappa shape index (κ2) is 21.1. The van der Waals surface area contributed by atoms with Gasteiger partial charge in [0.1, 0.15) is 0 Å². The second-order valence-corrected chi connectivity index (χ2v) is 8.92. The fraction of sp³-hybridized carbons (Fsp3) is 0.769. The topological polar surface area (TPSA) is 12.0 Å². The van der Waals surface area contributed by atoms with Gasteiger partial charge in [0.15, 0.2) is 0 Å². The highest BCUT2D eigenvalue weighted by atomic mass is 28.1. The Bertz CT molecular complexity index is 406. The number of benzene rings is 1. The van der Waals surface area contributed by atoms with Gasteiger partial charge >= 0.3 is 0 Å². The molecule has 28 heavy (non-hydrogen) atoms. The summed E-state index contributed by atoms with van der Waals surface area (Å²) in [4.78, 5) is 0. The zero-order valence-corrected chi connectivity index (χ0v) is 19.5. The lowest BCUT2D eigenvalue weighted by Crippen LogP contribution is -2.14. The molecule has 0 amide bonds. The Balaban J connectivity index is 1.67. The molecule has 1 N–H and O–H groups in total. The normalized spacial score (nSPS) is 11.2. The van der Waals surface area contributed by atoms with Crippen LogP contribution in [0.25, 0.3) is 0 Å². The van der Waals surface area contributed by atoms with E-state index in [0.717, 1.165) is 13.1 Å². The van der Waals surface area contributed by atoms with Crippen LogP contribution in [0.5, 0.6) is 0 Å². The van der Waals surface area contributed by atoms with Crippen LogP contribution in [0, 0.1) is 0 Å². The van der Waals surface area contributed by atoms with Crippen molar-refractivity contribution in [2.24, 2.45) is 0 Å². The Morgan fingerprint density at radius 1 is 0.500 bits per heavy atom. The number of unbranched alkanes of at least 4 members (excludes halogenated alkanes) is 16. The lowest BCUT2D eigenvalue weighted by molar-refractivity contribution is 0.523. The van der Waals surface area contributed by atoms with Crippen LogP contribution in [0.3, 0.4) is 0 Å². The van der Waals surface area contributed by atoms with Gasteiger partial charge < -0.3 is 5.32 Å². The fourth-order valence-corrected chi connectivity index (χ4v) is 4.11. The molecule has 0 bridgehead atoms. The van der Waals surface area contributed by atoms with E-state index in [0.29, 0.717) is 0 Å². The predicted octanol–water partition coefficient (Wildman–Crippen LogP) is 7.99. The molecule has 1 aromatic carbocycles. The zero-order chi connectivity index (χ0) is 20.0. The summed E-state index contributed by atoms with van der Waals surface area (Å²) in [5.41, 5.74) is 1.39. The van der Waals surface area contributed by atoms with Gasteiger partial charge in [0.25, 0.3) is 0 Å². The van der Waals surface area contributed by atoms with Gasteiger partial charge in [-0.3, -0.25) is 0 Å². The van der Waals surface area contributed by atoms with Crippen molar-refractivity contribution in [2.45, 2.75) is 122 Å². The summed E-state index contributed by atoms with van der Waals surface area (Å²) in [5, 5.41) is 3.55. The fourth-order valence-electron chi connectivity index (χ4n) is 3.86. The molecule has 1 aromatic rings. The van der Waals surface area contributed by atoms with Crippen LogP contribution >= 0.6 is 0 Å². The van der Waals surface area contributed by atoms with Gasteiger partial charge in [0.05, 0.1) is 0 Å². The minimum atomic E-state index is 1.01. The molecule has 0 unspecified atom stereocenters. The smallest absolute Gasteiger partial charge is 0.0222 e. The third-order valence-corrected chi connectivity index (χ3v) is 6.06. The van der Waals surface area contributed by atoms with Crippen LogP contribution in [0.4, 0.5) is 0 Å². The van der Waals surface area contributed by atoms with Gasteiger partial charge in [-0.1, -0.05) is 139 Å². The third kappa shape index (κ3) is 17.5. The number of hydrogen-bond acceptors (Lipinski definition) is 1. The lowest BCUT2D eigenvalue weighted by atomic mass is 10.0. The average molecular weight is 401 g/mol. The molecule has 0 aliphatic heterocycles. The summed E-state index contributed by atoms with van der Waals surface area (Å²) in [6, 6.07) is 11.9. The van der Waals surface area contributed by atoms with Gasteiger partial charge in [0.2, 0.25) is 0 Å². The van der Waals surface area contributed by atoms with E-state index in [1.165, 1.54) is 121 Å². The molecular formula is C26H46NSi. The minimum absolute atomic E-state index is 1.01. The summed E-state index contributed by atoms with van der Waals surface area (Å²) < 4.78 is 0. The van der Waals surface area contributed by atoms with Crippen LogP contribution in [0.15, 0.2) is 30.3 Å². The molecule has 159 valence electrons. The molecule has 0 aliphatic rings. The van der Waals surface area contributed by atoms with Crippen molar-refractivity contribution < 1.29 is 0 Å². The first-order chi connectivity index (χ1) is 13.9. The van der Waals surface area contributed by atoms with E-state index in [-0.39, 0.29) is 0 Å². The Hall–Kier alpha value is -0.603. The molecule has 3 radical (unpaired) electrons. The summed E-state index contributed by atoms with van der Waals surface area (Å²) in [6.07, 6.45) is 24.4. The Labute approximate surface area is 179 Å². The molecule has 1 rings (SSSR count). The molecule has 0 saturated heterocycles. The molecule has 0 spiro atoms. The molecule has 0 aromatic heterocycles. The average Bonchev–Trinajstić information content (AvgIpc) is 2.73. The van der Waals surface area contributed by atoms with Gasteiger partial charge in [-0.15, -0.1) is 0 Å². The molecule has 0 heterocycles. The van der Waals surface area contributed by atoms with Crippen molar-refractivity contribution >= 4 is 10.2 Å². The molecule has 0 fully saturated rings. The zero-order valence-electron chi connectivity index (χ0n) is 18.5. The highest BCUT2D eigenvalue weighted by molar-refractivity contribution is 6.08. The van der Waals surface area contributed by atoms with E-state index in [1.54, 1.807) is 0 Å². The minimum Gasteiger partial charge on any atom is -0.313 e. The van der Waals surface area contributed by atoms with Crippen molar-refractivity contribution in [3.8, 4) is 0 Å². The Kier molecular flexibility index (Phi) is 19.2. The van der Waals surface area contributed by atoms with Gasteiger partial charge in [-0.2, -0.15) is 0 Å². The van der Waals surface area contributed by atoms with Crippen LogP contribution in [0.2, 0.25) is 6.04 Å². The van der Waals surface area contributed by atoms with Gasteiger partial charge in [-0.25, -0.2) is 0 Å². The lowest BCUT2D eigenvalue weighted by Gasteiger charge is -2.05. The van der Waals surface area contributed by atoms with E-state index in [2.05, 4.69) is 45.9 Å². The quantitative estimate of drug-likeness (QED) is 0.163. The van der Waals surface area contributed by atoms with Crippen LogP contribution < -0.4 is 5.32 Å². The molecule has 2 heteroatoms. The Morgan fingerprint density at radius 3 is 1.32 bits per heavy atom. The first-order valence-electron chi connectivity index (χ1n) is 12.3. The number of hydrogen-bond donors (Lipinski definition) is 1. The van der Waals surface area contributed by atoms with Crippen LogP contribution in [-0.2, 0) is 6.54 Å².